The van der Waals surface area contributed by atoms with Crippen LogP contribution in [-0.4, -0.2) is 61.5 Å². The van der Waals surface area contributed by atoms with Crippen molar-refractivity contribution in [1.29, 1.82) is 0 Å². The SMILES string of the molecule is O=C(N1CCCC(Cn2cncn2)C1)C1(n2cccn2)CCNCC1. The summed E-state index contributed by atoms with van der Waals surface area (Å²) in [6.07, 6.45) is 10.8. The number of rotatable bonds is 4. The summed E-state index contributed by atoms with van der Waals surface area (Å²) in [5.74, 6) is 0.650. The van der Waals surface area contributed by atoms with Gasteiger partial charge in [0.25, 0.3) is 5.91 Å². The largest absolute Gasteiger partial charge is 0.340 e. The van der Waals surface area contributed by atoms with Crippen LogP contribution in [0.2, 0.25) is 0 Å². The number of aromatic nitrogens is 5. The Morgan fingerprint density at radius 3 is 2.88 bits per heavy atom. The Kier molecular flexibility index (Phi) is 4.52. The number of piperidine rings is 2. The number of carbonyl (C=O) groups excluding carboxylic acids is 1. The summed E-state index contributed by atoms with van der Waals surface area (Å²) in [6, 6.07) is 1.90. The van der Waals surface area contributed by atoms with Gasteiger partial charge in [-0.2, -0.15) is 10.2 Å². The predicted molar refractivity (Wildman–Crippen MR) is 91.6 cm³/mol. The molecule has 1 amide bonds. The van der Waals surface area contributed by atoms with Gasteiger partial charge in [-0.25, -0.2) is 4.98 Å². The van der Waals surface area contributed by atoms with Crippen molar-refractivity contribution in [2.75, 3.05) is 26.2 Å². The number of nitrogens with one attached hydrogen (secondary N) is 1. The highest BCUT2D eigenvalue weighted by molar-refractivity contribution is 5.84. The highest BCUT2D eigenvalue weighted by Crippen LogP contribution is 2.31. The molecule has 8 heteroatoms. The van der Waals surface area contributed by atoms with Crippen LogP contribution in [-0.2, 0) is 16.9 Å². The zero-order chi connectivity index (χ0) is 17.1. The van der Waals surface area contributed by atoms with E-state index >= 15 is 0 Å². The van der Waals surface area contributed by atoms with E-state index in [4.69, 9.17) is 0 Å². The van der Waals surface area contributed by atoms with E-state index in [0.717, 1.165) is 58.4 Å². The molecular weight excluding hydrogens is 318 g/mol. The van der Waals surface area contributed by atoms with Crippen LogP contribution in [0.4, 0.5) is 0 Å². The highest BCUT2D eigenvalue weighted by Gasteiger charge is 2.45. The van der Waals surface area contributed by atoms with Crippen LogP contribution in [0.5, 0.6) is 0 Å². The first-order chi connectivity index (χ1) is 12.3. The minimum Gasteiger partial charge on any atom is -0.340 e. The van der Waals surface area contributed by atoms with Crippen LogP contribution in [0.3, 0.4) is 0 Å². The number of carbonyl (C=O) groups is 1. The van der Waals surface area contributed by atoms with Crippen molar-refractivity contribution in [2.45, 2.75) is 37.8 Å². The van der Waals surface area contributed by atoms with Crippen molar-refractivity contribution in [3.8, 4) is 0 Å². The van der Waals surface area contributed by atoms with E-state index in [1.165, 1.54) is 0 Å². The Hall–Kier alpha value is -2.22. The lowest BCUT2D eigenvalue weighted by atomic mass is 9.85. The van der Waals surface area contributed by atoms with E-state index in [2.05, 4.69) is 25.4 Å². The van der Waals surface area contributed by atoms with Gasteiger partial charge in [-0.1, -0.05) is 0 Å². The smallest absolute Gasteiger partial charge is 0.250 e. The van der Waals surface area contributed by atoms with Gasteiger partial charge in [-0.05, 0) is 50.8 Å². The molecule has 4 heterocycles. The second-order valence-corrected chi connectivity index (χ2v) is 7.11. The molecule has 0 saturated carbocycles. The van der Waals surface area contributed by atoms with Crippen LogP contribution >= 0.6 is 0 Å². The maximum Gasteiger partial charge on any atom is 0.250 e. The molecule has 4 rings (SSSR count). The monoisotopic (exact) mass is 343 g/mol. The number of hydrogen-bond acceptors (Lipinski definition) is 5. The van der Waals surface area contributed by atoms with Crippen molar-refractivity contribution < 1.29 is 4.79 Å². The lowest BCUT2D eigenvalue weighted by Crippen LogP contribution is -2.57. The maximum absolute atomic E-state index is 13.5. The normalized spacial score (nSPS) is 23.5. The van der Waals surface area contributed by atoms with Crippen molar-refractivity contribution in [2.24, 2.45) is 5.92 Å². The molecule has 8 nitrogen and oxygen atoms in total. The fraction of sp³-hybridized carbons (Fsp3) is 0.647. The standard InChI is InChI=1S/C17H25N7O/c25-16(17(4-7-18-8-5-17)24-10-2-6-20-24)22-9-1-3-15(11-22)12-23-14-19-13-21-23/h2,6,10,13-15,18H,1,3-5,7-9,11-12H2. The molecular formula is C17H25N7O. The molecule has 2 fully saturated rings. The molecule has 0 spiro atoms. The average Bonchev–Trinajstić information content (AvgIpc) is 3.36. The van der Waals surface area contributed by atoms with Gasteiger partial charge in [-0.3, -0.25) is 14.2 Å². The molecule has 2 aliphatic rings. The Morgan fingerprint density at radius 1 is 1.28 bits per heavy atom. The quantitative estimate of drug-likeness (QED) is 0.874. The molecule has 134 valence electrons. The van der Waals surface area contributed by atoms with Gasteiger partial charge >= 0.3 is 0 Å². The summed E-state index contributed by atoms with van der Waals surface area (Å²) in [7, 11) is 0. The molecule has 2 aromatic rings. The van der Waals surface area contributed by atoms with Gasteiger partial charge in [-0.15, -0.1) is 0 Å². The van der Waals surface area contributed by atoms with Crippen LogP contribution in [0.15, 0.2) is 31.1 Å². The number of likely N-dealkylation sites (tertiary alicyclic amines) is 1. The van der Waals surface area contributed by atoms with E-state index in [9.17, 15) is 4.79 Å². The topological polar surface area (TPSA) is 80.9 Å². The first kappa shape index (κ1) is 16.3. The zero-order valence-corrected chi connectivity index (χ0v) is 14.4. The summed E-state index contributed by atoms with van der Waals surface area (Å²) >= 11 is 0. The summed E-state index contributed by atoms with van der Waals surface area (Å²) < 4.78 is 3.75. The average molecular weight is 343 g/mol. The third-order valence-corrected chi connectivity index (χ3v) is 5.49. The molecule has 0 radical (unpaired) electrons. The fourth-order valence-corrected chi connectivity index (χ4v) is 4.19. The van der Waals surface area contributed by atoms with Crippen LogP contribution in [0.1, 0.15) is 25.7 Å². The first-order valence-corrected chi connectivity index (χ1v) is 9.10. The van der Waals surface area contributed by atoms with Crippen molar-refractivity contribution in [3.63, 3.8) is 0 Å². The van der Waals surface area contributed by atoms with Crippen LogP contribution in [0.25, 0.3) is 0 Å². The van der Waals surface area contributed by atoms with Crippen molar-refractivity contribution >= 4 is 5.91 Å². The van der Waals surface area contributed by atoms with Crippen LogP contribution < -0.4 is 5.32 Å². The summed E-state index contributed by atoms with van der Waals surface area (Å²) in [4.78, 5) is 19.6. The number of hydrogen-bond donors (Lipinski definition) is 1. The second-order valence-electron chi connectivity index (χ2n) is 7.11. The molecule has 25 heavy (non-hydrogen) atoms. The predicted octanol–water partition coefficient (Wildman–Crippen LogP) is 0.492. The molecule has 2 saturated heterocycles. The summed E-state index contributed by atoms with van der Waals surface area (Å²) in [6.45, 7) is 4.14. The van der Waals surface area contributed by atoms with Gasteiger partial charge in [0.05, 0.1) is 0 Å². The molecule has 1 atom stereocenters. The molecule has 1 N–H and O–H groups in total. The van der Waals surface area contributed by atoms with E-state index in [1.807, 2.05) is 21.6 Å². The number of amides is 1. The number of nitrogens with zero attached hydrogens (tertiary/aromatic N) is 6. The Balaban J connectivity index is 1.51. The molecule has 1 unspecified atom stereocenters. The molecule has 0 aliphatic carbocycles. The molecule has 2 aliphatic heterocycles. The summed E-state index contributed by atoms with van der Waals surface area (Å²) in [5.41, 5.74) is -0.538. The third kappa shape index (κ3) is 3.18. The van der Waals surface area contributed by atoms with E-state index in [1.54, 1.807) is 18.9 Å². The van der Waals surface area contributed by atoms with Crippen molar-refractivity contribution in [3.05, 3.63) is 31.1 Å². The van der Waals surface area contributed by atoms with E-state index < -0.39 is 5.54 Å². The molecule has 0 bridgehead atoms. The second kappa shape index (κ2) is 6.95. The first-order valence-electron chi connectivity index (χ1n) is 9.10. The van der Waals surface area contributed by atoms with Gasteiger partial charge in [0, 0.05) is 32.0 Å². The van der Waals surface area contributed by atoms with E-state index in [0.29, 0.717) is 5.92 Å². The Bertz CT molecular complexity index is 676. The minimum absolute atomic E-state index is 0.223. The minimum atomic E-state index is -0.538. The lowest BCUT2D eigenvalue weighted by molar-refractivity contribution is -0.145. The highest BCUT2D eigenvalue weighted by atomic mass is 16.2. The van der Waals surface area contributed by atoms with Crippen molar-refractivity contribution in [1.82, 2.24) is 34.8 Å². The van der Waals surface area contributed by atoms with Gasteiger partial charge in [0.1, 0.15) is 18.2 Å². The van der Waals surface area contributed by atoms with Gasteiger partial charge < -0.3 is 10.2 Å². The van der Waals surface area contributed by atoms with Gasteiger partial charge in [0.2, 0.25) is 0 Å². The van der Waals surface area contributed by atoms with Gasteiger partial charge in [0.15, 0.2) is 0 Å². The van der Waals surface area contributed by atoms with Crippen LogP contribution in [0, 0.1) is 5.92 Å². The molecule has 0 aromatic carbocycles. The Labute approximate surface area is 147 Å². The zero-order valence-electron chi connectivity index (χ0n) is 14.4. The summed E-state index contributed by atoms with van der Waals surface area (Å²) in [5, 5.41) is 12.0. The lowest BCUT2D eigenvalue weighted by Gasteiger charge is -2.42. The fourth-order valence-electron chi connectivity index (χ4n) is 4.19. The molecule has 2 aromatic heterocycles. The Morgan fingerprint density at radius 2 is 2.16 bits per heavy atom. The maximum atomic E-state index is 13.5. The van der Waals surface area contributed by atoms with E-state index in [-0.39, 0.29) is 5.91 Å². The third-order valence-electron chi connectivity index (χ3n) is 5.49.